The maximum atomic E-state index is 6.00. The van der Waals surface area contributed by atoms with Gasteiger partial charge in [0.15, 0.2) is 0 Å². The molecule has 2 N–H and O–H groups in total. The molecule has 4 nitrogen and oxygen atoms in total. The Morgan fingerprint density at radius 1 is 1.45 bits per heavy atom. The summed E-state index contributed by atoms with van der Waals surface area (Å²) in [7, 11) is 0. The molecule has 0 amide bonds. The lowest BCUT2D eigenvalue weighted by molar-refractivity contribution is 0.0322. The van der Waals surface area contributed by atoms with Gasteiger partial charge in [0.25, 0.3) is 0 Å². The molecule has 7 heteroatoms. The van der Waals surface area contributed by atoms with Crippen molar-refractivity contribution in [1.29, 1.82) is 0 Å². The van der Waals surface area contributed by atoms with Gasteiger partial charge in [-0.05, 0) is 28.1 Å². The predicted molar refractivity (Wildman–Crippen MR) is 87.8 cm³/mol. The lowest BCUT2D eigenvalue weighted by Gasteiger charge is -2.26. The molecule has 1 aliphatic heterocycles. The molecule has 2 rings (SSSR count). The first-order valence-corrected chi connectivity index (χ1v) is 7.87. The molecule has 1 aliphatic rings. The number of thiocarbonyl (C=S) groups is 1. The highest BCUT2D eigenvalue weighted by molar-refractivity contribution is 9.10. The van der Waals surface area contributed by atoms with Gasteiger partial charge >= 0.3 is 0 Å². The van der Waals surface area contributed by atoms with Crippen molar-refractivity contribution in [3.8, 4) is 5.75 Å². The summed E-state index contributed by atoms with van der Waals surface area (Å²) in [6.07, 6.45) is 0. The Bertz CT molecular complexity index is 496. The summed E-state index contributed by atoms with van der Waals surface area (Å²) in [5.74, 6) is 0.648. The van der Waals surface area contributed by atoms with Crippen molar-refractivity contribution in [2.45, 2.75) is 0 Å². The molecule has 1 saturated heterocycles. The van der Waals surface area contributed by atoms with Crippen molar-refractivity contribution in [3.05, 3.63) is 27.2 Å². The average Bonchev–Trinajstić information content (AvgIpc) is 2.41. The smallest absolute Gasteiger partial charge is 0.143 e. The molecule has 0 spiro atoms. The third-order valence-electron chi connectivity index (χ3n) is 3.03. The second-order valence-corrected chi connectivity index (χ2v) is 6.16. The maximum Gasteiger partial charge on any atom is 0.143 e. The van der Waals surface area contributed by atoms with E-state index in [0.717, 1.165) is 37.3 Å². The minimum atomic E-state index is 0.273. The van der Waals surface area contributed by atoms with Crippen LogP contribution in [0.5, 0.6) is 5.75 Å². The topological polar surface area (TPSA) is 47.7 Å². The van der Waals surface area contributed by atoms with Crippen molar-refractivity contribution in [3.63, 3.8) is 0 Å². The van der Waals surface area contributed by atoms with E-state index >= 15 is 0 Å². The van der Waals surface area contributed by atoms with Crippen molar-refractivity contribution in [2.75, 3.05) is 39.5 Å². The molecular weight excluding hydrogens is 364 g/mol. The monoisotopic (exact) mass is 378 g/mol. The number of hydrogen-bond donors (Lipinski definition) is 1. The molecule has 0 unspecified atom stereocenters. The lowest BCUT2D eigenvalue weighted by Crippen LogP contribution is -2.38. The molecule has 0 aliphatic carbocycles. The molecule has 0 saturated carbocycles. The van der Waals surface area contributed by atoms with Gasteiger partial charge in [0.2, 0.25) is 0 Å². The lowest BCUT2D eigenvalue weighted by atomic mass is 10.2. The number of rotatable bonds is 5. The molecule has 110 valence electrons. The van der Waals surface area contributed by atoms with Gasteiger partial charge in [-0.3, -0.25) is 4.90 Å². The SMILES string of the molecule is NC(=S)c1cc(Cl)cc(Br)c1OCCN1CCOCC1. The highest BCUT2D eigenvalue weighted by Gasteiger charge is 2.14. The second kappa shape index (κ2) is 7.56. The molecule has 0 atom stereocenters. The van der Waals surface area contributed by atoms with E-state index in [4.69, 9.17) is 39.0 Å². The average molecular weight is 380 g/mol. The summed E-state index contributed by atoms with van der Waals surface area (Å²) in [6, 6.07) is 3.49. The van der Waals surface area contributed by atoms with Gasteiger partial charge in [0, 0.05) is 24.7 Å². The van der Waals surface area contributed by atoms with Gasteiger partial charge in [-0.2, -0.15) is 0 Å². The molecule has 0 aromatic heterocycles. The summed E-state index contributed by atoms with van der Waals surface area (Å²) in [5.41, 5.74) is 6.37. The highest BCUT2D eigenvalue weighted by atomic mass is 79.9. The van der Waals surface area contributed by atoms with Crippen LogP contribution in [0, 0.1) is 0 Å². The number of benzene rings is 1. The quantitative estimate of drug-likeness (QED) is 0.796. The standard InChI is InChI=1S/C13H16BrClN2O2S/c14-11-8-9(15)7-10(13(16)20)12(11)19-6-3-17-1-4-18-5-2-17/h7-8H,1-6H2,(H2,16,20). The number of nitrogens with zero attached hydrogens (tertiary/aromatic N) is 1. The molecular formula is C13H16BrClN2O2S. The normalized spacial score (nSPS) is 16.1. The Hall–Kier alpha value is -0.400. The molecule has 20 heavy (non-hydrogen) atoms. The number of ether oxygens (including phenoxy) is 2. The number of hydrogen-bond acceptors (Lipinski definition) is 4. The van der Waals surface area contributed by atoms with Crippen LogP contribution >= 0.6 is 39.7 Å². The summed E-state index contributed by atoms with van der Waals surface area (Å²) >= 11 is 14.5. The largest absolute Gasteiger partial charge is 0.490 e. The third-order valence-corrected chi connectivity index (χ3v) is 4.06. The Morgan fingerprint density at radius 3 is 2.80 bits per heavy atom. The van der Waals surface area contributed by atoms with Crippen LogP contribution in [0.4, 0.5) is 0 Å². The van der Waals surface area contributed by atoms with Gasteiger partial charge in [0.1, 0.15) is 17.3 Å². The van der Waals surface area contributed by atoms with Crippen molar-refractivity contribution in [2.24, 2.45) is 5.73 Å². The minimum Gasteiger partial charge on any atom is -0.490 e. The van der Waals surface area contributed by atoms with E-state index in [-0.39, 0.29) is 4.99 Å². The van der Waals surface area contributed by atoms with Crippen LogP contribution in [0.1, 0.15) is 5.56 Å². The molecule has 1 fully saturated rings. The highest BCUT2D eigenvalue weighted by Crippen LogP contribution is 2.32. The number of nitrogens with two attached hydrogens (primary N) is 1. The maximum absolute atomic E-state index is 6.00. The van der Waals surface area contributed by atoms with Crippen molar-refractivity contribution >= 4 is 44.7 Å². The second-order valence-electron chi connectivity index (χ2n) is 4.43. The van der Waals surface area contributed by atoms with E-state index in [1.807, 2.05) is 0 Å². The predicted octanol–water partition coefficient (Wildman–Crippen LogP) is 2.45. The van der Waals surface area contributed by atoms with E-state index in [1.54, 1.807) is 12.1 Å². The van der Waals surface area contributed by atoms with Crippen LogP contribution in [-0.2, 0) is 4.74 Å². The Kier molecular flexibility index (Phi) is 6.04. The van der Waals surface area contributed by atoms with Gasteiger partial charge in [-0.1, -0.05) is 23.8 Å². The zero-order valence-corrected chi connectivity index (χ0v) is 14.1. The third kappa shape index (κ3) is 4.30. The van der Waals surface area contributed by atoms with E-state index in [1.165, 1.54) is 0 Å². The van der Waals surface area contributed by atoms with Crippen LogP contribution in [0.25, 0.3) is 0 Å². The van der Waals surface area contributed by atoms with E-state index in [9.17, 15) is 0 Å². The summed E-state index contributed by atoms with van der Waals surface area (Å²) < 4.78 is 11.9. The summed E-state index contributed by atoms with van der Waals surface area (Å²) in [6.45, 7) is 4.84. The summed E-state index contributed by atoms with van der Waals surface area (Å²) in [4.78, 5) is 2.57. The van der Waals surface area contributed by atoms with E-state index < -0.39 is 0 Å². The zero-order valence-electron chi connectivity index (χ0n) is 10.9. The molecule has 0 radical (unpaired) electrons. The fourth-order valence-electron chi connectivity index (χ4n) is 1.99. The first-order valence-electron chi connectivity index (χ1n) is 6.29. The Balaban J connectivity index is 1.99. The van der Waals surface area contributed by atoms with E-state index in [2.05, 4.69) is 20.8 Å². The van der Waals surface area contributed by atoms with Gasteiger partial charge in [-0.15, -0.1) is 0 Å². The van der Waals surface area contributed by atoms with E-state index in [0.29, 0.717) is 22.9 Å². The minimum absolute atomic E-state index is 0.273. The van der Waals surface area contributed by atoms with Crippen LogP contribution in [0.3, 0.4) is 0 Å². The van der Waals surface area contributed by atoms with Crippen LogP contribution in [-0.4, -0.2) is 49.3 Å². The van der Waals surface area contributed by atoms with Crippen LogP contribution in [0.15, 0.2) is 16.6 Å². The Labute approximate surface area is 137 Å². The van der Waals surface area contributed by atoms with Crippen LogP contribution < -0.4 is 10.5 Å². The van der Waals surface area contributed by atoms with Gasteiger partial charge in [0.05, 0.1) is 23.2 Å². The number of halogens is 2. The first-order chi connectivity index (χ1) is 9.58. The van der Waals surface area contributed by atoms with Crippen LogP contribution in [0.2, 0.25) is 5.02 Å². The summed E-state index contributed by atoms with van der Waals surface area (Å²) in [5, 5.41) is 0.570. The molecule has 1 aromatic rings. The fourth-order valence-corrected chi connectivity index (χ4v) is 3.07. The number of morpholine rings is 1. The molecule has 1 heterocycles. The molecule has 0 bridgehead atoms. The van der Waals surface area contributed by atoms with Gasteiger partial charge < -0.3 is 15.2 Å². The fraction of sp³-hybridized carbons (Fsp3) is 0.462. The zero-order chi connectivity index (χ0) is 14.5. The van der Waals surface area contributed by atoms with Crippen molar-refractivity contribution < 1.29 is 9.47 Å². The first kappa shape index (κ1) is 16.0. The Morgan fingerprint density at radius 2 is 2.15 bits per heavy atom. The van der Waals surface area contributed by atoms with Gasteiger partial charge in [-0.25, -0.2) is 0 Å². The van der Waals surface area contributed by atoms with Crippen molar-refractivity contribution in [1.82, 2.24) is 4.90 Å². The molecule has 1 aromatic carbocycles.